The van der Waals surface area contributed by atoms with Gasteiger partial charge in [0.2, 0.25) is 5.91 Å². The number of fused-ring (bicyclic) bond motifs is 1. The topological polar surface area (TPSA) is 34.0 Å². The van der Waals surface area contributed by atoms with Crippen LogP contribution in [0, 0.1) is 0 Å². The van der Waals surface area contributed by atoms with Crippen LogP contribution < -0.4 is 5.32 Å². The fourth-order valence-electron chi connectivity index (χ4n) is 2.85. The number of para-hydroxylation sites is 1. The van der Waals surface area contributed by atoms with Gasteiger partial charge in [0.25, 0.3) is 0 Å². The first-order valence-electron chi connectivity index (χ1n) is 6.97. The van der Waals surface area contributed by atoms with Crippen molar-refractivity contribution in [3.8, 4) is 0 Å². The van der Waals surface area contributed by atoms with Crippen LogP contribution in [0.5, 0.6) is 0 Å². The Labute approximate surface area is 113 Å². The predicted molar refractivity (Wildman–Crippen MR) is 77.1 cm³/mol. The molecule has 0 saturated heterocycles. The number of aromatic nitrogens is 1. The van der Waals surface area contributed by atoms with E-state index in [4.69, 9.17) is 0 Å². The van der Waals surface area contributed by atoms with Gasteiger partial charge >= 0.3 is 0 Å². The molecule has 0 radical (unpaired) electrons. The first-order chi connectivity index (χ1) is 9.16. The molecule has 1 amide bonds. The summed E-state index contributed by atoms with van der Waals surface area (Å²) < 4.78 is 2.19. The minimum absolute atomic E-state index is 0.145. The molecule has 3 rings (SSSR count). The average Bonchev–Trinajstić information content (AvgIpc) is 3.16. The van der Waals surface area contributed by atoms with E-state index in [0.29, 0.717) is 6.42 Å². The monoisotopic (exact) mass is 256 g/mol. The number of carbonyl (C=O) groups excluding carboxylic acids is 1. The number of rotatable bonds is 4. The van der Waals surface area contributed by atoms with Gasteiger partial charge in [-0.15, -0.1) is 0 Å². The molecular weight excluding hydrogens is 236 g/mol. The van der Waals surface area contributed by atoms with Gasteiger partial charge in [-0.05, 0) is 24.5 Å². The molecule has 0 aliphatic heterocycles. The van der Waals surface area contributed by atoms with Crippen molar-refractivity contribution in [2.45, 2.75) is 31.6 Å². The minimum atomic E-state index is 0.145. The summed E-state index contributed by atoms with van der Waals surface area (Å²) in [4.78, 5) is 11.5. The largest absolute Gasteiger partial charge is 0.355 e. The number of carbonyl (C=O) groups is 1. The first kappa shape index (κ1) is 12.3. The second kappa shape index (κ2) is 4.41. The van der Waals surface area contributed by atoms with Crippen molar-refractivity contribution >= 4 is 16.8 Å². The zero-order chi connectivity index (χ0) is 13.5. The lowest BCUT2D eigenvalue weighted by molar-refractivity contribution is -0.120. The lowest BCUT2D eigenvalue weighted by Crippen LogP contribution is -2.31. The molecule has 1 aromatic carbocycles. The number of nitrogens with zero attached hydrogens (tertiary/aromatic N) is 1. The van der Waals surface area contributed by atoms with Crippen LogP contribution in [0.3, 0.4) is 0 Å². The lowest BCUT2D eigenvalue weighted by Gasteiger charge is -2.15. The zero-order valence-electron chi connectivity index (χ0n) is 11.6. The predicted octanol–water partition coefficient (Wildman–Crippen LogP) is 2.74. The van der Waals surface area contributed by atoms with Crippen LogP contribution in [0.25, 0.3) is 10.9 Å². The van der Waals surface area contributed by atoms with E-state index in [0.717, 1.165) is 6.54 Å². The third-order valence-corrected chi connectivity index (χ3v) is 4.27. The molecule has 1 saturated carbocycles. The first-order valence-corrected chi connectivity index (χ1v) is 6.97. The highest BCUT2D eigenvalue weighted by molar-refractivity contribution is 5.86. The summed E-state index contributed by atoms with van der Waals surface area (Å²) >= 11 is 0. The normalized spacial score (nSPS) is 16.5. The summed E-state index contributed by atoms with van der Waals surface area (Å²) in [6, 6.07) is 8.50. The van der Waals surface area contributed by atoms with Crippen LogP contribution in [-0.4, -0.2) is 17.0 Å². The maximum atomic E-state index is 11.5. The Kier molecular flexibility index (Phi) is 2.85. The van der Waals surface area contributed by atoms with Crippen molar-refractivity contribution < 1.29 is 4.79 Å². The quantitative estimate of drug-likeness (QED) is 0.896. The van der Waals surface area contributed by atoms with Crippen molar-refractivity contribution in [3.05, 3.63) is 36.0 Å². The summed E-state index contributed by atoms with van der Waals surface area (Å²) in [5.74, 6) is 0.145. The van der Waals surface area contributed by atoms with Crippen LogP contribution in [0.15, 0.2) is 30.5 Å². The molecule has 3 nitrogen and oxygen atoms in total. The molecule has 1 aliphatic rings. The second-order valence-corrected chi connectivity index (χ2v) is 5.58. The Bertz CT molecular complexity index is 623. The molecule has 0 atom stereocenters. The second-order valence-electron chi connectivity index (χ2n) is 5.58. The van der Waals surface area contributed by atoms with Crippen molar-refractivity contribution in [1.82, 2.24) is 9.88 Å². The molecule has 1 heterocycles. The standard InChI is InChI=1S/C16H20N2O/c1-3-15(19)17-11-16(8-9-16)13-10-18(2)14-7-5-4-6-12(13)14/h4-7,10H,3,8-9,11H2,1-2H3,(H,17,19). The van der Waals surface area contributed by atoms with Crippen LogP contribution >= 0.6 is 0 Å². The average molecular weight is 256 g/mol. The van der Waals surface area contributed by atoms with Gasteiger partial charge in [0.05, 0.1) is 0 Å². The molecule has 1 fully saturated rings. The molecule has 0 spiro atoms. The Morgan fingerprint density at radius 2 is 2.11 bits per heavy atom. The molecule has 2 aromatic rings. The Morgan fingerprint density at radius 3 is 2.79 bits per heavy atom. The number of hydrogen-bond acceptors (Lipinski definition) is 1. The molecule has 19 heavy (non-hydrogen) atoms. The number of amides is 1. The van der Waals surface area contributed by atoms with Gasteiger partial charge in [0, 0.05) is 42.5 Å². The SMILES string of the molecule is CCC(=O)NCC1(c2cn(C)c3ccccc23)CC1. The van der Waals surface area contributed by atoms with Gasteiger partial charge < -0.3 is 9.88 Å². The third-order valence-electron chi connectivity index (χ3n) is 4.27. The summed E-state index contributed by atoms with van der Waals surface area (Å²) in [6.07, 6.45) is 5.14. The molecule has 100 valence electrons. The van der Waals surface area contributed by atoms with E-state index in [1.807, 2.05) is 6.92 Å². The smallest absolute Gasteiger partial charge is 0.219 e. The highest BCUT2D eigenvalue weighted by Crippen LogP contribution is 2.50. The van der Waals surface area contributed by atoms with Gasteiger partial charge in [-0.1, -0.05) is 25.1 Å². The Balaban J connectivity index is 1.93. The highest BCUT2D eigenvalue weighted by atomic mass is 16.1. The lowest BCUT2D eigenvalue weighted by atomic mass is 9.95. The van der Waals surface area contributed by atoms with Crippen molar-refractivity contribution in [1.29, 1.82) is 0 Å². The Hall–Kier alpha value is -1.77. The van der Waals surface area contributed by atoms with E-state index < -0.39 is 0 Å². The van der Waals surface area contributed by atoms with Crippen molar-refractivity contribution in [2.75, 3.05) is 6.54 Å². The zero-order valence-corrected chi connectivity index (χ0v) is 11.6. The van der Waals surface area contributed by atoms with Gasteiger partial charge in [0.15, 0.2) is 0 Å². The van der Waals surface area contributed by atoms with Crippen molar-refractivity contribution in [3.63, 3.8) is 0 Å². The fraction of sp³-hybridized carbons (Fsp3) is 0.438. The van der Waals surface area contributed by atoms with Gasteiger partial charge in [0.1, 0.15) is 0 Å². The number of hydrogen-bond donors (Lipinski definition) is 1. The number of nitrogens with one attached hydrogen (secondary N) is 1. The minimum Gasteiger partial charge on any atom is -0.355 e. The summed E-state index contributed by atoms with van der Waals surface area (Å²) in [5.41, 5.74) is 2.83. The van der Waals surface area contributed by atoms with E-state index in [1.165, 1.54) is 29.3 Å². The molecule has 0 unspecified atom stereocenters. The van der Waals surface area contributed by atoms with E-state index in [9.17, 15) is 4.79 Å². The molecule has 1 aromatic heterocycles. The van der Waals surface area contributed by atoms with Crippen LogP contribution in [0.1, 0.15) is 31.7 Å². The molecular formula is C16H20N2O. The number of aryl methyl sites for hydroxylation is 1. The summed E-state index contributed by atoms with van der Waals surface area (Å²) in [7, 11) is 2.09. The molecule has 0 bridgehead atoms. The van der Waals surface area contributed by atoms with E-state index >= 15 is 0 Å². The maximum absolute atomic E-state index is 11.5. The summed E-state index contributed by atoms with van der Waals surface area (Å²) in [6.45, 7) is 2.67. The molecule has 3 heteroatoms. The molecule has 1 aliphatic carbocycles. The molecule has 1 N–H and O–H groups in total. The fourth-order valence-corrected chi connectivity index (χ4v) is 2.85. The van der Waals surface area contributed by atoms with E-state index in [-0.39, 0.29) is 11.3 Å². The highest BCUT2D eigenvalue weighted by Gasteiger charge is 2.45. The van der Waals surface area contributed by atoms with Crippen LogP contribution in [0.2, 0.25) is 0 Å². The Morgan fingerprint density at radius 1 is 1.37 bits per heavy atom. The van der Waals surface area contributed by atoms with Crippen LogP contribution in [-0.2, 0) is 17.3 Å². The third kappa shape index (κ3) is 2.03. The summed E-state index contributed by atoms with van der Waals surface area (Å²) in [5, 5.41) is 4.39. The number of benzene rings is 1. The van der Waals surface area contributed by atoms with E-state index in [2.05, 4.69) is 47.4 Å². The van der Waals surface area contributed by atoms with Crippen molar-refractivity contribution in [2.24, 2.45) is 7.05 Å². The van der Waals surface area contributed by atoms with E-state index in [1.54, 1.807) is 0 Å². The van der Waals surface area contributed by atoms with Gasteiger partial charge in [-0.2, -0.15) is 0 Å². The van der Waals surface area contributed by atoms with Gasteiger partial charge in [-0.25, -0.2) is 0 Å². The maximum Gasteiger partial charge on any atom is 0.219 e. The van der Waals surface area contributed by atoms with Gasteiger partial charge in [-0.3, -0.25) is 4.79 Å². The van der Waals surface area contributed by atoms with Crippen LogP contribution in [0.4, 0.5) is 0 Å².